The molecule has 0 aliphatic carbocycles. The topological polar surface area (TPSA) is 54.4 Å². The minimum Gasteiger partial charge on any atom is -0.356 e. The molecule has 1 aromatic heterocycles. The van der Waals surface area contributed by atoms with Crippen molar-refractivity contribution in [3.8, 4) is 0 Å². The zero-order valence-electron chi connectivity index (χ0n) is 10.4. The van der Waals surface area contributed by atoms with E-state index in [0.29, 0.717) is 5.69 Å². The molecule has 0 amide bonds. The second-order valence-corrected chi connectivity index (χ2v) is 4.23. The summed E-state index contributed by atoms with van der Waals surface area (Å²) < 4.78 is 0. The summed E-state index contributed by atoms with van der Waals surface area (Å²) in [5.41, 5.74) is 3.79. The second kappa shape index (κ2) is 5.40. The highest BCUT2D eigenvalue weighted by Gasteiger charge is 2.13. The Hall–Kier alpha value is -2.23. The summed E-state index contributed by atoms with van der Waals surface area (Å²) in [6.07, 6.45) is 0.990. The number of nitrogens with zero attached hydrogens (tertiary/aromatic N) is 2. The summed E-state index contributed by atoms with van der Waals surface area (Å²) >= 11 is 0. The predicted octanol–water partition coefficient (Wildman–Crippen LogP) is 3.58. The number of aromatic nitrogens is 1. The van der Waals surface area contributed by atoms with Crippen LogP contribution in [0.25, 0.3) is 0 Å². The summed E-state index contributed by atoms with van der Waals surface area (Å²) in [4.78, 5) is 15.1. The average Bonchev–Trinajstić information content (AvgIpc) is 2.39. The maximum absolute atomic E-state index is 10.9. The van der Waals surface area contributed by atoms with E-state index in [2.05, 4.69) is 21.5 Å². The molecule has 1 heterocycles. The van der Waals surface area contributed by atoms with Gasteiger partial charge in [-0.3, -0.25) is 4.98 Å². The van der Waals surface area contributed by atoms with Crippen molar-refractivity contribution in [1.29, 1.82) is 0 Å². The molecule has 0 saturated heterocycles. The van der Waals surface area contributed by atoms with Gasteiger partial charge in [0.1, 0.15) is 0 Å². The van der Waals surface area contributed by atoms with Crippen LogP contribution in [0, 0.1) is 18.8 Å². The molecule has 4 nitrogen and oxygen atoms in total. The van der Waals surface area contributed by atoms with Gasteiger partial charge < -0.3 is 5.32 Å². The van der Waals surface area contributed by atoms with Crippen LogP contribution in [0.4, 0.5) is 5.69 Å². The minimum atomic E-state index is -0.660. The van der Waals surface area contributed by atoms with Crippen molar-refractivity contribution >= 4 is 5.69 Å². The Morgan fingerprint density at radius 1 is 1.22 bits per heavy atom. The van der Waals surface area contributed by atoms with Crippen molar-refractivity contribution in [2.75, 3.05) is 5.32 Å². The maximum atomic E-state index is 10.9. The van der Waals surface area contributed by atoms with Crippen molar-refractivity contribution in [2.45, 2.75) is 20.0 Å². The van der Waals surface area contributed by atoms with Crippen LogP contribution in [0.1, 0.15) is 23.0 Å². The smallest absolute Gasteiger partial charge is 0.203 e. The number of nitrogens with one attached hydrogen (secondary N) is 1. The molecule has 18 heavy (non-hydrogen) atoms. The molecule has 0 radical (unpaired) electrons. The molecule has 0 aliphatic rings. The van der Waals surface area contributed by atoms with Gasteiger partial charge in [0.05, 0.1) is 5.69 Å². The number of rotatable bonds is 4. The fraction of sp³-hybridized carbons (Fsp3) is 0.214. The van der Waals surface area contributed by atoms with Gasteiger partial charge in [0, 0.05) is 11.9 Å². The molecule has 0 fully saturated rings. The van der Waals surface area contributed by atoms with Crippen LogP contribution in [0.5, 0.6) is 0 Å². The summed E-state index contributed by atoms with van der Waals surface area (Å²) in [5, 5.41) is 6.19. The van der Waals surface area contributed by atoms with Gasteiger partial charge in [-0.1, -0.05) is 23.8 Å². The number of pyridine rings is 1. The van der Waals surface area contributed by atoms with Crippen molar-refractivity contribution in [1.82, 2.24) is 4.98 Å². The minimum absolute atomic E-state index is 0.618. The first kappa shape index (κ1) is 12.2. The molecule has 0 bridgehead atoms. The maximum Gasteiger partial charge on any atom is 0.203 e. The second-order valence-electron chi connectivity index (χ2n) is 4.23. The Bertz CT molecular complexity index is 540. The fourth-order valence-corrected chi connectivity index (χ4v) is 1.81. The average molecular weight is 241 g/mol. The normalized spacial score (nSPS) is 11.9. The van der Waals surface area contributed by atoms with E-state index < -0.39 is 6.17 Å². The highest BCUT2D eigenvalue weighted by atomic mass is 16.3. The van der Waals surface area contributed by atoms with Gasteiger partial charge in [-0.25, -0.2) is 0 Å². The monoisotopic (exact) mass is 241 g/mol. The number of nitroso groups, excluding NO2 is 1. The first-order valence-electron chi connectivity index (χ1n) is 5.78. The third kappa shape index (κ3) is 2.71. The molecule has 0 aliphatic heterocycles. The fourth-order valence-electron chi connectivity index (χ4n) is 1.81. The van der Waals surface area contributed by atoms with Crippen molar-refractivity contribution in [3.05, 3.63) is 64.3 Å². The third-order valence-electron chi connectivity index (χ3n) is 2.75. The molecular formula is C14H15N3O. The molecule has 1 aromatic carbocycles. The van der Waals surface area contributed by atoms with E-state index in [1.54, 1.807) is 12.3 Å². The van der Waals surface area contributed by atoms with E-state index in [1.807, 2.05) is 38.1 Å². The third-order valence-corrected chi connectivity index (χ3v) is 2.75. The van der Waals surface area contributed by atoms with E-state index >= 15 is 0 Å². The molecule has 2 rings (SSSR count). The lowest BCUT2D eigenvalue weighted by atomic mass is 10.1. The Kier molecular flexibility index (Phi) is 3.67. The quantitative estimate of drug-likeness (QED) is 0.832. The van der Waals surface area contributed by atoms with Crippen LogP contribution in [0.3, 0.4) is 0 Å². The van der Waals surface area contributed by atoms with Gasteiger partial charge in [0.25, 0.3) is 0 Å². The predicted molar refractivity (Wildman–Crippen MR) is 72.3 cm³/mol. The van der Waals surface area contributed by atoms with Crippen molar-refractivity contribution in [3.63, 3.8) is 0 Å². The molecule has 0 saturated carbocycles. The molecule has 1 N–H and O–H groups in total. The molecule has 1 unspecified atom stereocenters. The van der Waals surface area contributed by atoms with Crippen molar-refractivity contribution in [2.24, 2.45) is 5.18 Å². The van der Waals surface area contributed by atoms with Gasteiger partial charge in [0.15, 0.2) is 0 Å². The van der Waals surface area contributed by atoms with E-state index in [4.69, 9.17) is 0 Å². The number of hydrogen-bond donors (Lipinski definition) is 1. The summed E-state index contributed by atoms with van der Waals surface area (Å²) in [6.45, 7) is 4.03. The first-order chi connectivity index (χ1) is 8.70. The van der Waals surface area contributed by atoms with Crippen LogP contribution in [0.2, 0.25) is 0 Å². The van der Waals surface area contributed by atoms with E-state index in [9.17, 15) is 4.91 Å². The largest absolute Gasteiger partial charge is 0.356 e. The molecular weight excluding hydrogens is 226 g/mol. The molecule has 2 aromatic rings. The van der Waals surface area contributed by atoms with Crippen LogP contribution in [0.15, 0.2) is 47.8 Å². The summed E-state index contributed by atoms with van der Waals surface area (Å²) in [6, 6.07) is 11.4. The van der Waals surface area contributed by atoms with E-state index in [-0.39, 0.29) is 0 Å². The van der Waals surface area contributed by atoms with Gasteiger partial charge in [-0.2, -0.15) is 0 Å². The number of aryl methyl sites for hydroxylation is 2. The lowest BCUT2D eigenvalue weighted by Crippen LogP contribution is -2.10. The lowest BCUT2D eigenvalue weighted by Gasteiger charge is -2.14. The first-order valence-corrected chi connectivity index (χ1v) is 5.78. The van der Waals surface area contributed by atoms with Crippen LogP contribution in [-0.2, 0) is 0 Å². The zero-order chi connectivity index (χ0) is 13.0. The molecule has 0 spiro atoms. The standard InChI is InChI=1S/C14H15N3O/c1-10-6-7-12(11(2)9-10)16-14(17-18)13-5-3-4-8-15-13/h3-9,14,16H,1-2H3. The lowest BCUT2D eigenvalue weighted by molar-refractivity contribution is 0.791. The van der Waals surface area contributed by atoms with Gasteiger partial charge in [0.2, 0.25) is 6.17 Å². The number of benzene rings is 1. The van der Waals surface area contributed by atoms with Crippen molar-refractivity contribution < 1.29 is 0 Å². The van der Waals surface area contributed by atoms with E-state index in [0.717, 1.165) is 11.3 Å². The zero-order valence-corrected chi connectivity index (χ0v) is 10.4. The highest BCUT2D eigenvalue weighted by Crippen LogP contribution is 2.22. The Morgan fingerprint density at radius 3 is 2.67 bits per heavy atom. The Morgan fingerprint density at radius 2 is 2.06 bits per heavy atom. The highest BCUT2D eigenvalue weighted by molar-refractivity contribution is 5.53. The van der Waals surface area contributed by atoms with Crippen LogP contribution < -0.4 is 5.32 Å². The van der Waals surface area contributed by atoms with Gasteiger partial charge in [-0.15, -0.1) is 4.91 Å². The van der Waals surface area contributed by atoms with Crippen LogP contribution in [-0.4, -0.2) is 4.98 Å². The number of hydrogen-bond acceptors (Lipinski definition) is 4. The van der Waals surface area contributed by atoms with Gasteiger partial charge >= 0.3 is 0 Å². The number of anilines is 1. The van der Waals surface area contributed by atoms with Gasteiger partial charge in [-0.05, 0) is 42.8 Å². The van der Waals surface area contributed by atoms with E-state index in [1.165, 1.54) is 5.56 Å². The Balaban J connectivity index is 2.23. The molecule has 4 heteroatoms. The summed E-state index contributed by atoms with van der Waals surface area (Å²) in [5.74, 6) is 0. The SMILES string of the molecule is Cc1ccc(NC(N=O)c2ccccn2)c(C)c1. The Labute approximate surface area is 106 Å². The molecule has 92 valence electrons. The van der Waals surface area contributed by atoms with Crippen LogP contribution >= 0.6 is 0 Å². The summed E-state index contributed by atoms with van der Waals surface area (Å²) in [7, 11) is 0. The molecule has 1 atom stereocenters.